The van der Waals surface area contributed by atoms with Crippen molar-refractivity contribution >= 4 is 16.7 Å². The van der Waals surface area contributed by atoms with Gasteiger partial charge in [-0.05, 0) is 49.8 Å². The minimum absolute atomic E-state index is 0.152. The summed E-state index contributed by atoms with van der Waals surface area (Å²) < 4.78 is 1.41. The molecule has 3 rings (SSSR count). The molecule has 0 unspecified atom stereocenters. The molecule has 1 amide bonds. The van der Waals surface area contributed by atoms with Crippen LogP contribution in [0.1, 0.15) is 47.4 Å². The summed E-state index contributed by atoms with van der Waals surface area (Å²) in [5, 5.41) is 8.50. The quantitative estimate of drug-likeness (QED) is 0.619. The van der Waals surface area contributed by atoms with Crippen LogP contribution in [-0.4, -0.2) is 22.2 Å². The molecule has 0 atom stereocenters. The Labute approximate surface area is 171 Å². The van der Waals surface area contributed by atoms with E-state index >= 15 is 0 Å². The Morgan fingerprint density at radius 2 is 1.83 bits per heavy atom. The highest BCUT2D eigenvalue weighted by atomic mass is 16.2. The predicted octanol–water partition coefficient (Wildman–Crippen LogP) is 4.03. The lowest BCUT2D eigenvalue weighted by Crippen LogP contribution is -2.32. The first kappa shape index (κ1) is 20.8. The number of carbonyl (C=O) groups is 1. The molecule has 0 aliphatic heterocycles. The SMILES string of the molecule is Cc1ccc(CCCNC(=O)c2nn(CC(C)C)c(=O)c3ccccc23)c(C)c1. The van der Waals surface area contributed by atoms with E-state index in [9.17, 15) is 9.59 Å². The van der Waals surface area contributed by atoms with Gasteiger partial charge in [-0.2, -0.15) is 5.10 Å². The summed E-state index contributed by atoms with van der Waals surface area (Å²) in [6.45, 7) is 9.30. The zero-order valence-electron chi connectivity index (χ0n) is 17.7. The van der Waals surface area contributed by atoms with Gasteiger partial charge in [-0.15, -0.1) is 0 Å². The fourth-order valence-electron chi connectivity index (χ4n) is 3.56. The zero-order valence-corrected chi connectivity index (χ0v) is 17.7. The second-order valence-electron chi connectivity index (χ2n) is 8.06. The maximum atomic E-state index is 12.8. The van der Waals surface area contributed by atoms with Gasteiger partial charge in [-0.1, -0.05) is 55.8 Å². The molecule has 0 radical (unpaired) electrons. The van der Waals surface area contributed by atoms with Gasteiger partial charge in [0.05, 0.1) is 5.39 Å². The highest BCUT2D eigenvalue weighted by molar-refractivity contribution is 6.04. The molecule has 1 heterocycles. The number of rotatable bonds is 7. The highest BCUT2D eigenvalue weighted by Gasteiger charge is 2.16. The van der Waals surface area contributed by atoms with E-state index in [0.717, 1.165) is 12.8 Å². The average molecular weight is 392 g/mol. The smallest absolute Gasteiger partial charge is 0.274 e. The molecule has 0 aliphatic rings. The number of aryl methyl sites for hydroxylation is 3. The lowest BCUT2D eigenvalue weighted by molar-refractivity contribution is 0.0947. The van der Waals surface area contributed by atoms with E-state index in [1.54, 1.807) is 12.1 Å². The molecule has 152 valence electrons. The largest absolute Gasteiger partial charge is 0.351 e. The molecule has 3 aromatic rings. The van der Waals surface area contributed by atoms with E-state index in [4.69, 9.17) is 0 Å². The third kappa shape index (κ3) is 4.91. The molecule has 0 spiro atoms. The van der Waals surface area contributed by atoms with Crippen LogP contribution in [-0.2, 0) is 13.0 Å². The van der Waals surface area contributed by atoms with Crippen LogP contribution in [0.3, 0.4) is 0 Å². The number of carbonyl (C=O) groups excluding carboxylic acids is 1. The number of fused-ring (bicyclic) bond motifs is 1. The van der Waals surface area contributed by atoms with Gasteiger partial charge in [-0.3, -0.25) is 9.59 Å². The molecule has 0 saturated carbocycles. The molecule has 0 bridgehead atoms. The molecule has 0 saturated heterocycles. The molecule has 5 nitrogen and oxygen atoms in total. The zero-order chi connectivity index (χ0) is 21.0. The monoisotopic (exact) mass is 391 g/mol. The number of nitrogens with zero attached hydrogens (tertiary/aromatic N) is 2. The van der Waals surface area contributed by atoms with Gasteiger partial charge in [0.2, 0.25) is 0 Å². The normalized spacial score (nSPS) is 11.2. The standard InChI is InChI=1S/C24H29N3O2/c1-16(2)15-27-24(29)21-10-6-5-9-20(21)22(26-27)23(28)25-13-7-8-19-12-11-17(3)14-18(19)4/h5-6,9-12,14,16H,7-8,13,15H2,1-4H3,(H,25,28). The first-order valence-electron chi connectivity index (χ1n) is 10.2. The molecular formula is C24H29N3O2. The van der Waals surface area contributed by atoms with E-state index in [1.165, 1.54) is 21.4 Å². The van der Waals surface area contributed by atoms with Gasteiger partial charge in [-0.25, -0.2) is 4.68 Å². The number of hydrogen-bond acceptors (Lipinski definition) is 3. The van der Waals surface area contributed by atoms with Crippen molar-refractivity contribution in [2.24, 2.45) is 5.92 Å². The molecule has 0 fully saturated rings. The van der Waals surface area contributed by atoms with Crippen molar-refractivity contribution in [2.75, 3.05) is 6.54 Å². The van der Waals surface area contributed by atoms with Crippen LogP contribution in [0, 0.1) is 19.8 Å². The second kappa shape index (κ2) is 9.03. The van der Waals surface area contributed by atoms with E-state index in [-0.39, 0.29) is 17.4 Å². The Hall–Kier alpha value is -2.95. The maximum absolute atomic E-state index is 12.8. The summed E-state index contributed by atoms with van der Waals surface area (Å²) in [5.74, 6) is 0.0226. The number of amides is 1. The van der Waals surface area contributed by atoms with Crippen molar-refractivity contribution in [3.8, 4) is 0 Å². The summed E-state index contributed by atoms with van der Waals surface area (Å²) in [7, 11) is 0. The maximum Gasteiger partial charge on any atom is 0.274 e. The highest BCUT2D eigenvalue weighted by Crippen LogP contribution is 2.15. The summed E-state index contributed by atoms with van der Waals surface area (Å²) in [6, 6.07) is 13.6. The molecule has 1 N–H and O–H groups in total. The Morgan fingerprint density at radius 1 is 1.10 bits per heavy atom. The van der Waals surface area contributed by atoms with Crippen LogP contribution < -0.4 is 10.9 Å². The van der Waals surface area contributed by atoms with Gasteiger partial charge < -0.3 is 5.32 Å². The minimum atomic E-state index is -0.237. The lowest BCUT2D eigenvalue weighted by Gasteiger charge is -2.13. The van der Waals surface area contributed by atoms with Crippen LogP contribution in [0.15, 0.2) is 47.3 Å². The fourth-order valence-corrected chi connectivity index (χ4v) is 3.56. The summed E-state index contributed by atoms with van der Waals surface area (Å²) in [4.78, 5) is 25.5. The van der Waals surface area contributed by atoms with Crippen molar-refractivity contribution < 1.29 is 4.79 Å². The third-order valence-electron chi connectivity index (χ3n) is 5.03. The number of nitrogens with one attached hydrogen (secondary N) is 1. The van der Waals surface area contributed by atoms with Crippen LogP contribution in [0.2, 0.25) is 0 Å². The molecule has 2 aromatic carbocycles. The van der Waals surface area contributed by atoms with Crippen LogP contribution in [0.5, 0.6) is 0 Å². The Morgan fingerprint density at radius 3 is 2.52 bits per heavy atom. The predicted molar refractivity (Wildman–Crippen MR) is 117 cm³/mol. The summed E-state index contributed by atoms with van der Waals surface area (Å²) in [6.07, 6.45) is 1.76. The average Bonchev–Trinajstić information content (AvgIpc) is 2.68. The number of hydrogen-bond donors (Lipinski definition) is 1. The Bertz CT molecular complexity index is 1080. The molecular weight excluding hydrogens is 362 g/mol. The Balaban J connectivity index is 1.74. The summed E-state index contributed by atoms with van der Waals surface area (Å²) >= 11 is 0. The fraction of sp³-hybridized carbons (Fsp3) is 0.375. The van der Waals surface area contributed by atoms with Crippen LogP contribution in [0.25, 0.3) is 10.8 Å². The summed E-state index contributed by atoms with van der Waals surface area (Å²) in [5.41, 5.74) is 4.01. The van der Waals surface area contributed by atoms with Gasteiger partial charge in [0.25, 0.3) is 11.5 Å². The van der Waals surface area contributed by atoms with Gasteiger partial charge >= 0.3 is 0 Å². The van der Waals surface area contributed by atoms with Crippen molar-refractivity contribution in [1.29, 1.82) is 0 Å². The van der Waals surface area contributed by atoms with Gasteiger partial charge in [0.15, 0.2) is 5.69 Å². The van der Waals surface area contributed by atoms with E-state index in [2.05, 4.69) is 42.5 Å². The minimum Gasteiger partial charge on any atom is -0.351 e. The Kier molecular flexibility index (Phi) is 6.47. The van der Waals surface area contributed by atoms with Crippen molar-refractivity contribution in [3.63, 3.8) is 0 Å². The van der Waals surface area contributed by atoms with E-state index in [1.807, 2.05) is 26.0 Å². The first-order chi connectivity index (χ1) is 13.9. The third-order valence-corrected chi connectivity index (χ3v) is 5.03. The van der Waals surface area contributed by atoms with Crippen molar-refractivity contribution in [1.82, 2.24) is 15.1 Å². The number of aromatic nitrogens is 2. The van der Waals surface area contributed by atoms with E-state index < -0.39 is 0 Å². The molecule has 0 aliphatic carbocycles. The van der Waals surface area contributed by atoms with Crippen molar-refractivity contribution in [3.05, 3.63) is 75.2 Å². The second-order valence-corrected chi connectivity index (χ2v) is 8.06. The van der Waals surface area contributed by atoms with Crippen LogP contribution >= 0.6 is 0 Å². The molecule has 29 heavy (non-hydrogen) atoms. The topological polar surface area (TPSA) is 64.0 Å². The molecule has 1 aromatic heterocycles. The van der Waals surface area contributed by atoms with Crippen molar-refractivity contribution in [2.45, 2.75) is 47.1 Å². The first-order valence-corrected chi connectivity index (χ1v) is 10.2. The van der Waals surface area contributed by atoms with Crippen LogP contribution in [0.4, 0.5) is 0 Å². The lowest BCUT2D eigenvalue weighted by atomic mass is 10.0. The molecule has 5 heteroatoms. The van der Waals surface area contributed by atoms with Gasteiger partial charge in [0.1, 0.15) is 0 Å². The van der Waals surface area contributed by atoms with Gasteiger partial charge in [0, 0.05) is 18.5 Å². The number of benzene rings is 2. The van der Waals surface area contributed by atoms with E-state index in [0.29, 0.717) is 29.6 Å².